The summed E-state index contributed by atoms with van der Waals surface area (Å²) in [6.07, 6.45) is 8.19. The molecule has 1 saturated carbocycles. The zero-order chi connectivity index (χ0) is 18.5. The Bertz CT molecular complexity index is 785. The van der Waals surface area contributed by atoms with Crippen LogP contribution in [0.1, 0.15) is 49.8 Å². The fraction of sp³-hybridized carbons (Fsp3) is 0.550. The lowest BCUT2D eigenvalue weighted by Crippen LogP contribution is -2.24. The molecule has 2 aromatic heterocycles. The van der Waals surface area contributed by atoms with Crippen LogP contribution in [0, 0.1) is 19.8 Å². The van der Waals surface area contributed by atoms with Crippen molar-refractivity contribution < 1.29 is 5.11 Å². The number of nitrogens with one attached hydrogen (secondary N) is 2. The van der Waals surface area contributed by atoms with Crippen LogP contribution in [0.15, 0.2) is 23.1 Å². The lowest BCUT2D eigenvalue weighted by molar-refractivity contribution is 0.0648. The molecular weight excluding hydrogens is 328 g/mol. The predicted molar refractivity (Wildman–Crippen MR) is 103 cm³/mol. The molecule has 1 aliphatic rings. The third-order valence-electron chi connectivity index (χ3n) is 5.36. The van der Waals surface area contributed by atoms with E-state index in [1.165, 1.54) is 6.42 Å². The van der Waals surface area contributed by atoms with E-state index in [2.05, 4.69) is 20.3 Å². The summed E-state index contributed by atoms with van der Waals surface area (Å²) in [5.41, 5.74) is 2.06. The molecule has 0 aliphatic heterocycles. The molecule has 0 aromatic carbocycles. The Balaban J connectivity index is 1.52. The van der Waals surface area contributed by atoms with Crippen LogP contribution in [0.3, 0.4) is 0 Å². The van der Waals surface area contributed by atoms with Crippen molar-refractivity contribution in [3.63, 3.8) is 0 Å². The van der Waals surface area contributed by atoms with Gasteiger partial charge < -0.3 is 15.4 Å². The van der Waals surface area contributed by atoms with E-state index >= 15 is 0 Å². The quantitative estimate of drug-likeness (QED) is 0.692. The van der Waals surface area contributed by atoms with Crippen molar-refractivity contribution in [2.24, 2.45) is 5.92 Å². The standard InChI is InChI=1S/C20H28N4O2/c1-13-14(2)23-19(24-20(13)26)16-9-10-18(22-12-16)21-11-5-7-15-6-3-4-8-17(15)25/h9-10,12,15,17,25H,3-8,11H2,1-2H3,(H,21,22)(H,23,24,26). The molecular formula is C20H28N4O2. The molecule has 2 atom stereocenters. The molecule has 0 saturated heterocycles. The highest BCUT2D eigenvalue weighted by Crippen LogP contribution is 2.27. The topological polar surface area (TPSA) is 90.9 Å². The first-order valence-electron chi connectivity index (χ1n) is 9.50. The Labute approximate surface area is 154 Å². The predicted octanol–water partition coefficient (Wildman–Crippen LogP) is 3.19. The normalized spacial score (nSPS) is 20.1. The van der Waals surface area contributed by atoms with Crippen LogP contribution < -0.4 is 10.9 Å². The van der Waals surface area contributed by atoms with Crippen LogP contribution in [-0.2, 0) is 0 Å². The van der Waals surface area contributed by atoms with Gasteiger partial charge in [-0.2, -0.15) is 0 Å². The summed E-state index contributed by atoms with van der Waals surface area (Å²) in [7, 11) is 0. The number of anilines is 1. The highest BCUT2D eigenvalue weighted by molar-refractivity contribution is 5.56. The Morgan fingerprint density at radius 3 is 2.77 bits per heavy atom. The van der Waals surface area contributed by atoms with Gasteiger partial charge in [-0.1, -0.05) is 12.8 Å². The van der Waals surface area contributed by atoms with Gasteiger partial charge in [0, 0.05) is 29.6 Å². The number of aryl methyl sites for hydroxylation is 1. The van der Waals surface area contributed by atoms with Crippen molar-refractivity contribution >= 4 is 5.82 Å². The van der Waals surface area contributed by atoms with Crippen LogP contribution in [0.25, 0.3) is 11.4 Å². The van der Waals surface area contributed by atoms with Gasteiger partial charge >= 0.3 is 0 Å². The number of aromatic amines is 1. The molecule has 2 aromatic rings. The van der Waals surface area contributed by atoms with Gasteiger partial charge in [-0.3, -0.25) is 4.79 Å². The Morgan fingerprint density at radius 1 is 1.27 bits per heavy atom. The van der Waals surface area contributed by atoms with Crippen LogP contribution in [0.5, 0.6) is 0 Å². The number of aliphatic hydroxyl groups is 1. The fourth-order valence-electron chi connectivity index (χ4n) is 3.53. The summed E-state index contributed by atoms with van der Waals surface area (Å²) in [6.45, 7) is 4.44. The summed E-state index contributed by atoms with van der Waals surface area (Å²) >= 11 is 0. The van der Waals surface area contributed by atoms with Gasteiger partial charge in [0.1, 0.15) is 11.6 Å². The van der Waals surface area contributed by atoms with E-state index in [1.54, 1.807) is 13.1 Å². The van der Waals surface area contributed by atoms with E-state index < -0.39 is 0 Å². The molecule has 6 heteroatoms. The van der Waals surface area contributed by atoms with Crippen molar-refractivity contribution in [2.75, 3.05) is 11.9 Å². The molecule has 1 aliphatic carbocycles. The van der Waals surface area contributed by atoms with Gasteiger partial charge in [0.2, 0.25) is 0 Å². The van der Waals surface area contributed by atoms with Crippen LogP contribution in [0.2, 0.25) is 0 Å². The SMILES string of the molecule is Cc1nc(-c2ccc(NCCCC3CCCCC3O)nc2)[nH]c(=O)c1C. The first-order chi connectivity index (χ1) is 12.5. The molecule has 140 valence electrons. The molecule has 26 heavy (non-hydrogen) atoms. The molecule has 1 fully saturated rings. The maximum Gasteiger partial charge on any atom is 0.254 e. The molecule has 3 rings (SSSR count). The van der Waals surface area contributed by atoms with Gasteiger partial charge in [-0.25, -0.2) is 9.97 Å². The molecule has 0 spiro atoms. The summed E-state index contributed by atoms with van der Waals surface area (Å²) in [5.74, 6) is 1.81. The van der Waals surface area contributed by atoms with Gasteiger partial charge in [-0.15, -0.1) is 0 Å². The minimum absolute atomic E-state index is 0.111. The molecule has 2 unspecified atom stereocenters. The number of aliphatic hydroxyl groups excluding tert-OH is 1. The van der Waals surface area contributed by atoms with Crippen LogP contribution in [-0.4, -0.2) is 32.7 Å². The van der Waals surface area contributed by atoms with E-state index in [9.17, 15) is 9.90 Å². The molecule has 0 bridgehead atoms. The number of hydrogen-bond donors (Lipinski definition) is 3. The first kappa shape index (κ1) is 18.6. The Morgan fingerprint density at radius 2 is 2.08 bits per heavy atom. The maximum atomic E-state index is 11.9. The lowest BCUT2D eigenvalue weighted by atomic mass is 9.83. The average Bonchev–Trinajstić information content (AvgIpc) is 2.65. The Hall–Kier alpha value is -2.21. The smallest absolute Gasteiger partial charge is 0.254 e. The number of rotatable bonds is 6. The van der Waals surface area contributed by atoms with E-state index in [0.29, 0.717) is 17.3 Å². The second kappa shape index (κ2) is 8.45. The third-order valence-corrected chi connectivity index (χ3v) is 5.36. The number of aromatic nitrogens is 3. The first-order valence-corrected chi connectivity index (χ1v) is 9.50. The summed E-state index contributed by atoms with van der Waals surface area (Å²) in [5, 5.41) is 13.3. The van der Waals surface area contributed by atoms with Gasteiger partial charge in [0.05, 0.1) is 6.10 Å². The van der Waals surface area contributed by atoms with Crippen LogP contribution >= 0.6 is 0 Å². The highest BCUT2D eigenvalue weighted by Gasteiger charge is 2.22. The van der Waals surface area contributed by atoms with E-state index in [-0.39, 0.29) is 11.7 Å². The van der Waals surface area contributed by atoms with Crippen LogP contribution in [0.4, 0.5) is 5.82 Å². The summed E-state index contributed by atoms with van der Waals surface area (Å²) in [4.78, 5) is 23.5. The number of hydrogen-bond acceptors (Lipinski definition) is 5. The fourth-order valence-corrected chi connectivity index (χ4v) is 3.53. The number of H-pyrrole nitrogens is 1. The van der Waals surface area contributed by atoms with Crippen molar-refractivity contribution in [1.82, 2.24) is 15.0 Å². The number of pyridine rings is 1. The minimum atomic E-state index is -0.117. The lowest BCUT2D eigenvalue weighted by Gasteiger charge is -2.27. The van der Waals surface area contributed by atoms with Crippen molar-refractivity contribution in [3.8, 4) is 11.4 Å². The summed E-state index contributed by atoms with van der Waals surface area (Å²) in [6, 6.07) is 3.81. The van der Waals surface area contributed by atoms with Gasteiger partial charge in [0.15, 0.2) is 0 Å². The molecule has 0 radical (unpaired) electrons. The largest absolute Gasteiger partial charge is 0.393 e. The molecule has 6 nitrogen and oxygen atoms in total. The Kier molecular flexibility index (Phi) is 6.04. The maximum absolute atomic E-state index is 11.9. The van der Waals surface area contributed by atoms with Crippen molar-refractivity contribution in [1.29, 1.82) is 0 Å². The summed E-state index contributed by atoms with van der Waals surface area (Å²) < 4.78 is 0. The highest BCUT2D eigenvalue weighted by atomic mass is 16.3. The average molecular weight is 356 g/mol. The van der Waals surface area contributed by atoms with E-state index in [0.717, 1.165) is 55.7 Å². The monoisotopic (exact) mass is 356 g/mol. The molecule has 0 amide bonds. The van der Waals surface area contributed by atoms with Gasteiger partial charge in [-0.05, 0) is 57.6 Å². The van der Waals surface area contributed by atoms with Crippen molar-refractivity contribution in [3.05, 3.63) is 39.9 Å². The van der Waals surface area contributed by atoms with Crippen molar-refractivity contribution in [2.45, 2.75) is 58.5 Å². The molecule has 3 N–H and O–H groups in total. The van der Waals surface area contributed by atoms with E-state index in [1.807, 2.05) is 19.1 Å². The third kappa shape index (κ3) is 4.49. The van der Waals surface area contributed by atoms with E-state index in [4.69, 9.17) is 0 Å². The zero-order valence-corrected chi connectivity index (χ0v) is 15.6. The zero-order valence-electron chi connectivity index (χ0n) is 15.6. The second-order valence-corrected chi connectivity index (χ2v) is 7.24. The second-order valence-electron chi connectivity index (χ2n) is 7.24. The molecule has 2 heterocycles. The number of nitrogens with zero attached hydrogens (tertiary/aromatic N) is 2. The minimum Gasteiger partial charge on any atom is -0.393 e. The van der Waals surface area contributed by atoms with Gasteiger partial charge in [0.25, 0.3) is 5.56 Å².